The van der Waals surface area contributed by atoms with E-state index in [-0.39, 0.29) is 5.78 Å². The van der Waals surface area contributed by atoms with Crippen LogP contribution in [0.15, 0.2) is 53.0 Å². The Kier molecular flexibility index (Phi) is 4.72. The van der Waals surface area contributed by atoms with E-state index in [1.54, 1.807) is 0 Å². The van der Waals surface area contributed by atoms with E-state index < -0.39 is 0 Å². The van der Waals surface area contributed by atoms with Gasteiger partial charge in [0.2, 0.25) is 0 Å². The van der Waals surface area contributed by atoms with Crippen molar-refractivity contribution in [2.45, 2.75) is 6.42 Å². The van der Waals surface area contributed by atoms with Gasteiger partial charge in [-0.05, 0) is 23.3 Å². The van der Waals surface area contributed by atoms with E-state index >= 15 is 0 Å². The summed E-state index contributed by atoms with van der Waals surface area (Å²) in [6, 6.07) is 15.9. The van der Waals surface area contributed by atoms with Crippen LogP contribution in [0, 0.1) is 0 Å². The maximum atomic E-state index is 11.7. The molecule has 0 fully saturated rings. The largest absolute Gasteiger partial charge is 0.294 e. The highest BCUT2D eigenvalue weighted by atomic mass is 79.9. The SMILES string of the molecule is O=C(CCBr)c1ccc(-c2ccc(Br)cc2)cc1. The summed E-state index contributed by atoms with van der Waals surface area (Å²) in [5.41, 5.74) is 3.05. The molecule has 0 unspecified atom stereocenters. The second kappa shape index (κ2) is 6.30. The monoisotopic (exact) mass is 366 g/mol. The molecule has 0 saturated carbocycles. The first-order valence-electron chi connectivity index (χ1n) is 5.66. The molecule has 0 aliphatic heterocycles. The van der Waals surface area contributed by atoms with Crippen molar-refractivity contribution in [1.82, 2.24) is 0 Å². The molecule has 2 aromatic rings. The first-order chi connectivity index (χ1) is 8.70. The summed E-state index contributed by atoms with van der Waals surface area (Å²) in [5.74, 6) is 0.175. The van der Waals surface area contributed by atoms with Gasteiger partial charge in [0.1, 0.15) is 0 Å². The fourth-order valence-corrected chi connectivity index (χ4v) is 2.35. The molecule has 0 bridgehead atoms. The molecule has 0 saturated heterocycles. The Bertz CT molecular complexity index is 529. The molecule has 0 aromatic heterocycles. The number of carbonyl (C=O) groups excluding carboxylic acids is 1. The van der Waals surface area contributed by atoms with Crippen LogP contribution in [0.1, 0.15) is 16.8 Å². The van der Waals surface area contributed by atoms with Crippen molar-refractivity contribution in [3.63, 3.8) is 0 Å². The van der Waals surface area contributed by atoms with Gasteiger partial charge in [-0.25, -0.2) is 0 Å². The van der Waals surface area contributed by atoms with Crippen molar-refractivity contribution in [2.24, 2.45) is 0 Å². The number of rotatable bonds is 4. The maximum Gasteiger partial charge on any atom is 0.163 e. The fourth-order valence-electron chi connectivity index (χ4n) is 1.72. The lowest BCUT2D eigenvalue weighted by molar-refractivity contribution is 0.0990. The number of Topliss-reactive ketones (excluding diaryl/α,β-unsaturated/α-hetero) is 1. The highest BCUT2D eigenvalue weighted by Crippen LogP contribution is 2.22. The average Bonchev–Trinajstić information content (AvgIpc) is 2.40. The number of hydrogen-bond donors (Lipinski definition) is 0. The smallest absolute Gasteiger partial charge is 0.163 e. The lowest BCUT2D eigenvalue weighted by Crippen LogP contribution is -1.98. The van der Waals surface area contributed by atoms with E-state index in [9.17, 15) is 4.79 Å². The van der Waals surface area contributed by atoms with Crippen molar-refractivity contribution in [3.8, 4) is 11.1 Å². The van der Waals surface area contributed by atoms with Crippen LogP contribution < -0.4 is 0 Å². The zero-order chi connectivity index (χ0) is 13.0. The van der Waals surface area contributed by atoms with Gasteiger partial charge in [-0.2, -0.15) is 0 Å². The topological polar surface area (TPSA) is 17.1 Å². The van der Waals surface area contributed by atoms with Gasteiger partial charge in [-0.3, -0.25) is 4.79 Å². The van der Waals surface area contributed by atoms with Gasteiger partial charge < -0.3 is 0 Å². The van der Waals surface area contributed by atoms with Gasteiger partial charge in [-0.15, -0.1) is 0 Å². The molecule has 0 radical (unpaired) electrons. The molecule has 0 spiro atoms. The molecular weight excluding hydrogens is 356 g/mol. The van der Waals surface area contributed by atoms with Gasteiger partial charge in [0.05, 0.1) is 0 Å². The maximum absolute atomic E-state index is 11.7. The van der Waals surface area contributed by atoms with Crippen LogP contribution in [0.3, 0.4) is 0 Å². The van der Waals surface area contributed by atoms with Crippen molar-refractivity contribution in [3.05, 3.63) is 58.6 Å². The molecule has 18 heavy (non-hydrogen) atoms. The minimum atomic E-state index is 0.175. The Labute approximate surface area is 123 Å². The van der Waals surface area contributed by atoms with E-state index in [4.69, 9.17) is 0 Å². The highest BCUT2D eigenvalue weighted by molar-refractivity contribution is 9.10. The quantitative estimate of drug-likeness (QED) is 0.543. The number of benzene rings is 2. The molecule has 0 heterocycles. The van der Waals surface area contributed by atoms with E-state index in [0.717, 1.165) is 21.2 Å². The summed E-state index contributed by atoms with van der Waals surface area (Å²) in [6.07, 6.45) is 0.539. The normalized spacial score (nSPS) is 10.3. The van der Waals surface area contributed by atoms with Gasteiger partial charge in [-0.1, -0.05) is 68.3 Å². The Morgan fingerprint density at radius 1 is 0.889 bits per heavy atom. The van der Waals surface area contributed by atoms with Crippen LogP contribution in [-0.2, 0) is 0 Å². The van der Waals surface area contributed by atoms with Gasteiger partial charge in [0, 0.05) is 21.8 Å². The van der Waals surface area contributed by atoms with Gasteiger partial charge in [0.15, 0.2) is 5.78 Å². The molecular formula is C15H12Br2O. The number of carbonyl (C=O) groups is 1. The molecule has 0 aliphatic rings. The van der Waals surface area contributed by atoms with Gasteiger partial charge in [0.25, 0.3) is 0 Å². The molecule has 92 valence electrons. The predicted octanol–water partition coefficient (Wildman–Crippen LogP) is 5.08. The summed E-state index contributed by atoms with van der Waals surface area (Å²) < 4.78 is 1.07. The Morgan fingerprint density at radius 2 is 1.39 bits per heavy atom. The van der Waals surface area contributed by atoms with Crippen molar-refractivity contribution >= 4 is 37.6 Å². The number of ketones is 1. The third-order valence-corrected chi connectivity index (χ3v) is 3.63. The van der Waals surface area contributed by atoms with Crippen LogP contribution in [-0.4, -0.2) is 11.1 Å². The number of halogens is 2. The third kappa shape index (κ3) is 3.30. The summed E-state index contributed by atoms with van der Waals surface area (Å²) in [4.78, 5) is 11.7. The van der Waals surface area contributed by atoms with E-state index in [1.807, 2.05) is 36.4 Å². The van der Waals surface area contributed by atoms with Crippen LogP contribution in [0.25, 0.3) is 11.1 Å². The first-order valence-corrected chi connectivity index (χ1v) is 7.57. The average molecular weight is 368 g/mol. The Hall–Kier alpha value is -0.930. The molecule has 3 heteroatoms. The van der Waals surface area contributed by atoms with E-state index in [0.29, 0.717) is 11.8 Å². The van der Waals surface area contributed by atoms with Gasteiger partial charge >= 0.3 is 0 Å². The van der Waals surface area contributed by atoms with E-state index in [2.05, 4.69) is 44.0 Å². The summed E-state index contributed by atoms with van der Waals surface area (Å²) in [7, 11) is 0. The molecule has 2 aromatic carbocycles. The second-order valence-corrected chi connectivity index (χ2v) is 5.66. The molecule has 0 amide bonds. The minimum absolute atomic E-state index is 0.175. The zero-order valence-electron chi connectivity index (χ0n) is 9.70. The Balaban J connectivity index is 2.22. The van der Waals surface area contributed by atoms with Crippen LogP contribution in [0.4, 0.5) is 0 Å². The summed E-state index contributed by atoms with van der Waals surface area (Å²) in [5, 5.41) is 0.709. The van der Waals surface area contributed by atoms with Crippen molar-refractivity contribution in [1.29, 1.82) is 0 Å². The summed E-state index contributed by atoms with van der Waals surface area (Å²) in [6.45, 7) is 0. The lowest BCUT2D eigenvalue weighted by atomic mass is 10.0. The van der Waals surface area contributed by atoms with E-state index in [1.165, 1.54) is 0 Å². The van der Waals surface area contributed by atoms with Crippen LogP contribution in [0.5, 0.6) is 0 Å². The molecule has 1 nitrogen and oxygen atoms in total. The van der Waals surface area contributed by atoms with Crippen molar-refractivity contribution in [2.75, 3.05) is 5.33 Å². The lowest BCUT2D eigenvalue weighted by Gasteiger charge is -2.04. The summed E-state index contributed by atoms with van der Waals surface area (Å²) >= 11 is 6.70. The highest BCUT2D eigenvalue weighted by Gasteiger charge is 2.05. The standard InChI is InChI=1S/C15H12Br2O/c16-10-9-15(18)13-3-1-11(2-4-13)12-5-7-14(17)8-6-12/h1-8H,9-10H2. The Morgan fingerprint density at radius 3 is 1.89 bits per heavy atom. The molecule has 0 N–H and O–H groups in total. The number of hydrogen-bond acceptors (Lipinski definition) is 1. The van der Waals surface area contributed by atoms with Crippen molar-refractivity contribution < 1.29 is 4.79 Å². The molecule has 0 atom stereocenters. The van der Waals surface area contributed by atoms with Crippen LogP contribution in [0.2, 0.25) is 0 Å². The second-order valence-electron chi connectivity index (χ2n) is 3.95. The number of alkyl halides is 1. The molecule has 2 rings (SSSR count). The molecule has 0 aliphatic carbocycles. The predicted molar refractivity (Wildman–Crippen MR) is 82.3 cm³/mol. The zero-order valence-corrected chi connectivity index (χ0v) is 12.9. The third-order valence-electron chi connectivity index (χ3n) is 2.71. The first kappa shape index (κ1) is 13.5. The van der Waals surface area contributed by atoms with Crippen LogP contribution >= 0.6 is 31.9 Å². The fraction of sp³-hybridized carbons (Fsp3) is 0.133. The minimum Gasteiger partial charge on any atom is -0.294 e.